The van der Waals surface area contributed by atoms with Gasteiger partial charge in [-0.15, -0.1) is 0 Å². The van der Waals surface area contributed by atoms with Crippen molar-refractivity contribution in [3.05, 3.63) is 60.2 Å². The van der Waals surface area contributed by atoms with Crippen molar-refractivity contribution in [3.63, 3.8) is 0 Å². The number of rotatable bonds is 5. The summed E-state index contributed by atoms with van der Waals surface area (Å²) in [6, 6.07) is 15.3. The second-order valence-corrected chi connectivity index (χ2v) is 5.84. The Morgan fingerprint density at radius 3 is 2.62 bits per heavy atom. The van der Waals surface area contributed by atoms with Crippen LogP contribution in [-0.4, -0.2) is 35.1 Å². The number of ether oxygens (including phenoxy) is 1. The van der Waals surface area contributed by atoms with Crippen LogP contribution in [0.25, 0.3) is 22.2 Å². The summed E-state index contributed by atoms with van der Waals surface area (Å²) in [6.45, 7) is 1.42. The van der Waals surface area contributed by atoms with Crippen LogP contribution in [-0.2, 0) is 4.79 Å². The molecule has 6 heteroatoms. The van der Waals surface area contributed by atoms with E-state index in [0.29, 0.717) is 27.9 Å². The number of carbonyl (C=O) groups excluding carboxylic acids is 1. The highest BCUT2D eigenvalue weighted by Crippen LogP contribution is 2.27. The first kappa shape index (κ1) is 17.4. The van der Waals surface area contributed by atoms with E-state index in [-0.39, 0.29) is 0 Å². The van der Waals surface area contributed by atoms with E-state index in [4.69, 9.17) is 9.84 Å². The minimum atomic E-state index is -1.09. The van der Waals surface area contributed by atoms with Crippen LogP contribution in [0.15, 0.2) is 54.6 Å². The smallest absolute Gasteiger partial charge is 0.325 e. The number of aromatic nitrogens is 1. The predicted molar refractivity (Wildman–Crippen MR) is 98.3 cm³/mol. The first-order valence-corrected chi connectivity index (χ1v) is 8.07. The average Bonchev–Trinajstić information content (AvgIpc) is 2.66. The molecule has 2 N–H and O–H groups in total. The Morgan fingerprint density at radius 1 is 1.12 bits per heavy atom. The predicted octanol–water partition coefficient (Wildman–Crippen LogP) is 3.11. The lowest BCUT2D eigenvalue weighted by Crippen LogP contribution is -2.38. The molecule has 1 atom stereocenters. The molecule has 0 spiro atoms. The third-order valence-electron chi connectivity index (χ3n) is 4.04. The number of nitrogens with one attached hydrogen (secondary N) is 1. The maximum atomic E-state index is 12.7. The van der Waals surface area contributed by atoms with Gasteiger partial charge in [0.2, 0.25) is 0 Å². The van der Waals surface area contributed by atoms with E-state index >= 15 is 0 Å². The fraction of sp³-hybridized carbons (Fsp3) is 0.150. The van der Waals surface area contributed by atoms with Crippen LogP contribution >= 0.6 is 0 Å². The van der Waals surface area contributed by atoms with Crippen molar-refractivity contribution in [2.75, 3.05) is 7.11 Å². The molecule has 0 saturated carbocycles. The summed E-state index contributed by atoms with van der Waals surface area (Å²) in [6.07, 6.45) is 0. The number of fused-ring (bicyclic) bond motifs is 1. The lowest BCUT2D eigenvalue weighted by Gasteiger charge is -2.13. The summed E-state index contributed by atoms with van der Waals surface area (Å²) in [4.78, 5) is 28.3. The van der Waals surface area contributed by atoms with Gasteiger partial charge in [-0.2, -0.15) is 0 Å². The van der Waals surface area contributed by atoms with Crippen molar-refractivity contribution in [2.24, 2.45) is 0 Å². The van der Waals surface area contributed by atoms with E-state index in [1.807, 2.05) is 42.5 Å². The van der Waals surface area contributed by atoms with Gasteiger partial charge in [-0.25, -0.2) is 4.98 Å². The minimum Gasteiger partial charge on any atom is -0.497 e. The van der Waals surface area contributed by atoms with Gasteiger partial charge in [0.05, 0.1) is 23.9 Å². The van der Waals surface area contributed by atoms with Gasteiger partial charge < -0.3 is 15.2 Å². The molecule has 0 bridgehead atoms. The standard InChI is InChI=1S/C20H18N2O4/c1-12(20(24)25)21-19(23)16-11-18(13-6-5-7-14(10-13)26-2)22-17-9-4-3-8-15(16)17/h3-12H,1-2H3,(H,21,23)(H,24,25)/t12-/m0/s1. The molecule has 6 nitrogen and oxygen atoms in total. The van der Waals surface area contributed by atoms with Crippen LogP contribution in [0.3, 0.4) is 0 Å². The van der Waals surface area contributed by atoms with Crippen LogP contribution in [0.4, 0.5) is 0 Å². The molecular formula is C20H18N2O4. The Kier molecular flexibility index (Phi) is 4.84. The summed E-state index contributed by atoms with van der Waals surface area (Å²) in [5, 5.41) is 12.2. The van der Waals surface area contributed by atoms with Crippen molar-refractivity contribution in [2.45, 2.75) is 13.0 Å². The topological polar surface area (TPSA) is 88.5 Å². The number of carboxylic acids is 1. The van der Waals surface area contributed by atoms with Crippen molar-refractivity contribution in [1.82, 2.24) is 10.3 Å². The van der Waals surface area contributed by atoms with Crippen molar-refractivity contribution in [1.29, 1.82) is 0 Å². The maximum absolute atomic E-state index is 12.7. The fourth-order valence-corrected chi connectivity index (χ4v) is 2.63. The van der Waals surface area contributed by atoms with E-state index in [9.17, 15) is 9.59 Å². The van der Waals surface area contributed by atoms with Gasteiger partial charge in [0.25, 0.3) is 5.91 Å². The van der Waals surface area contributed by atoms with Gasteiger partial charge in [-0.05, 0) is 31.2 Å². The molecule has 1 aromatic heterocycles. The molecule has 1 heterocycles. The van der Waals surface area contributed by atoms with E-state index in [1.165, 1.54) is 6.92 Å². The monoisotopic (exact) mass is 350 g/mol. The number of nitrogens with zero attached hydrogens (tertiary/aromatic N) is 1. The molecule has 0 unspecified atom stereocenters. The normalized spacial score (nSPS) is 11.8. The Bertz CT molecular complexity index is 984. The van der Waals surface area contributed by atoms with Gasteiger partial charge in [-0.3, -0.25) is 9.59 Å². The quantitative estimate of drug-likeness (QED) is 0.738. The molecular weight excluding hydrogens is 332 g/mol. The summed E-state index contributed by atoms with van der Waals surface area (Å²) >= 11 is 0. The van der Waals surface area contributed by atoms with E-state index in [1.54, 1.807) is 19.2 Å². The summed E-state index contributed by atoms with van der Waals surface area (Å²) in [7, 11) is 1.58. The van der Waals surface area contributed by atoms with Crippen LogP contribution < -0.4 is 10.1 Å². The van der Waals surface area contributed by atoms with Crippen LogP contribution in [0.2, 0.25) is 0 Å². The average molecular weight is 350 g/mol. The number of hydrogen-bond donors (Lipinski definition) is 2. The molecule has 0 aliphatic rings. The van der Waals surface area contributed by atoms with Crippen LogP contribution in [0.5, 0.6) is 5.75 Å². The van der Waals surface area contributed by atoms with Crippen molar-refractivity contribution >= 4 is 22.8 Å². The lowest BCUT2D eigenvalue weighted by molar-refractivity contribution is -0.138. The van der Waals surface area contributed by atoms with Crippen LogP contribution in [0.1, 0.15) is 17.3 Å². The molecule has 0 saturated heterocycles. The maximum Gasteiger partial charge on any atom is 0.325 e. The summed E-state index contributed by atoms with van der Waals surface area (Å²) < 4.78 is 5.25. The zero-order valence-corrected chi connectivity index (χ0v) is 14.4. The Labute approximate surface area is 150 Å². The molecule has 132 valence electrons. The third-order valence-corrected chi connectivity index (χ3v) is 4.04. The highest BCUT2D eigenvalue weighted by atomic mass is 16.5. The second-order valence-electron chi connectivity index (χ2n) is 5.84. The molecule has 0 aliphatic heterocycles. The van der Waals surface area contributed by atoms with Crippen molar-refractivity contribution < 1.29 is 19.4 Å². The number of carboxylic acid groups (broad SMARTS) is 1. The fourth-order valence-electron chi connectivity index (χ4n) is 2.63. The molecule has 3 rings (SSSR count). The number of carbonyl (C=O) groups is 2. The first-order chi connectivity index (χ1) is 12.5. The molecule has 1 amide bonds. The molecule has 0 aliphatic carbocycles. The van der Waals surface area contributed by atoms with Crippen molar-refractivity contribution in [3.8, 4) is 17.0 Å². The van der Waals surface area contributed by atoms with E-state index in [0.717, 1.165) is 5.56 Å². The minimum absolute atomic E-state index is 0.376. The van der Waals surface area contributed by atoms with Gasteiger partial charge in [0, 0.05) is 10.9 Å². The SMILES string of the molecule is COc1cccc(-c2cc(C(=O)N[C@@H](C)C(=O)O)c3ccccc3n2)c1. The Balaban J connectivity index is 2.12. The van der Waals surface area contributed by atoms with E-state index < -0.39 is 17.9 Å². The lowest BCUT2D eigenvalue weighted by atomic mass is 10.0. The van der Waals surface area contributed by atoms with Gasteiger partial charge >= 0.3 is 5.97 Å². The first-order valence-electron chi connectivity index (χ1n) is 8.07. The van der Waals surface area contributed by atoms with E-state index in [2.05, 4.69) is 10.3 Å². The second kappa shape index (κ2) is 7.23. The summed E-state index contributed by atoms with van der Waals surface area (Å²) in [5.41, 5.74) is 2.44. The third kappa shape index (κ3) is 3.49. The number of para-hydroxylation sites is 1. The molecule has 2 aromatic carbocycles. The number of amides is 1. The number of pyridine rings is 1. The highest BCUT2D eigenvalue weighted by Gasteiger charge is 2.18. The largest absolute Gasteiger partial charge is 0.497 e. The molecule has 26 heavy (non-hydrogen) atoms. The Morgan fingerprint density at radius 2 is 1.88 bits per heavy atom. The molecule has 0 fully saturated rings. The number of hydrogen-bond acceptors (Lipinski definition) is 4. The molecule has 3 aromatic rings. The van der Waals surface area contributed by atoms with Gasteiger partial charge in [0.15, 0.2) is 0 Å². The van der Waals surface area contributed by atoms with Gasteiger partial charge in [0.1, 0.15) is 11.8 Å². The zero-order chi connectivity index (χ0) is 18.7. The van der Waals surface area contributed by atoms with Gasteiger partial charge in [-0.1, -0.05) is 30.3 Å². The number of benzene rings is 2. The summed E-state index contributed by atoms with van der Waals surface area (Å²) in [5.74, 6) is -0.865. The number of aliphatic carboxylic acids is 1. The Hall–Kier alpha value is -3.41. The van der Waals surface area contributed by atoms with Crippen LogP contribution in [0, 0.1) is 0 Å². The molecule has 0 radical (unpaired) electrons. The highest BCUT2D eigenvalue weighted by molar-refractivity contribution is 6.08. The zero-order valence-electron chi connectivity index (χ0n) is 14.4. The number of methoxy groups -OCH3 is 1.